The molecule has 0 atom stereocenters. The second-order valence-electron chi connectivity index (χ2n) is 14.4. The number of hydrogen-bond donors (Lipinski definition) is 0. The van der Waals surface area contributed by atoms with E-state index in [9.17, 15) is 4.79 Å². The van der Waals surface area contributed by atoms with Gasteiger partial charge in [0.25, 0.3) is 0 Å². The van der Waals surface area contributed by atoms with Gasteiger partial charge >= 0.3 is 5.97 Å². The van der Waals surface area contributed by atoms with Gasteiger partial charge in [-0.1, -0.05) is 200 Å². The van der Waals surface area contributed by atoms with Gasteiger partial charge < -0.3 is 4.18 Å². The fraction of sp³-hybridized carbons (Fsp3) is 0.0179. The van der Waals surface area contributed by atoms with Crippen LogP contribution in [0.2, 0.25) is 0 Å². The van der Waals surface area contributed by atoms with Crippen molar-refractivity contribution in [2.24, 2.45) is 0 Å². The van der Waals surface area contributed by atoms with E-state index in [0.29, 0.717) is 0 Å². The molecule has 0 aliphatic heterocycles. The van der Waals surface area contributed by atoms with E-state index in [2.05, 4.69) is 231 Å². The molecule has 0 fully saturated rings. The topological polar surface area (TPSA) is 26.3 Å². The van der Waals surface area contributed by atoms with Crippen LogP contribution < -0.4 is 0 Å². The van der Waals surface area contributed by atoms with Gasteiger partial charge in [-0.15, -0.1) is 0 Å². The van der Waals surface area contributed by atoms with Crippen molar-refractivity contribution >= 4 is 16.3 Å². The fourth-order valence-electron chi connectivity index (χ4n) is 8.06. The Bertz CT molecular complexity index is 2540. The molecule has 0 bridgehead atoms. The first-order valence-electron chi connectivity index (χ1n) is 19.9. The fourth-order valence-corrected chi connectivity index (χ4v) is 11.8. The summed E-state index contributed by atoms with van der Waals surface area (Å²) in [6, 6.07) is 82.9. The average Bonchev–Trinajstić information content (AvgIpc) is 3.32. The third-order valence-electron chi connectivity index (χ3n) is 10.6. The van der Waals surface area contributed by atoms with Gasteiger partial charge in [0.05, 0.1) is 0 Å². The summed E-state index contributed by atoms with van der Waals surface area (Å²) in [4.78, 5) is 17.2. The maximum atomic E-state index is 14.3. The third-order valence-corrected chi connectivity index (χ3v) is 14.1. The van der Waals surface area contributed by atoms with Crippen molar-refractivity contribution in [2.45, 2.75) is 21.6 Å². The minimum absolute atomic E-state index is 0.362. The lowest BCUT2D eigenvalue weighted by atomic mass is 9.93. The molecule has 3 heteroatoms. The number of benzene rings is 9. The van der Waals surface area contributed by atoms with Crippen LogP contribution in [0.4, 0.5) is 0 Å². The largest absolute Gasteiger partial charge is 0.402 e. The lowest BCUT2D eigenvalue weighted by molar-refractivity contribution is -0.131. The minimum Gasteiger partial charge on any atom is -0.402 e. The molecule has 9 rings (SSSR count). The molecule has 0 spiro atoms. The van der Waals surface area contributed by atoms with Crippen LogP contribution in [0.5, 0.6) is 0 Å². The average molecular weight is 779 g/mol. The number of rotatable bonds is 10. The van der Waals surface area contributed by atoms with E-state index >= 15 is 0 Å². The molecule has 0 aromatic heterocycles. The van der Waals surface area contributed by atoms with Crippen molar-refractivity contribution in [3.63, 3.8) is 0 Å². The molecular weight excluding hydrogens is 737 g/mol. The quantitative estimate of drug-likeness (QED) is 0.138. The predicted octanol–water partition coefficient (Wildman–Crippen LogP) is 15.4. The second kappa shape index (κ2) is 16.7. The Kier molecular flexibility index (Phi) is 10.6. The molecule has 9 aromatic carbocycles. The maximum absolute atomic E-state index is 14.3. The Hall–Kier alpha value is -7.20. The molecule has 0 saturated heterocycles. The van der Waals surface area contributed by atoms with Gasteiger partial charge in [-0.05, 0) is 113 Å². The van der Waals surface area contributed by atoms with E-state index in [1.165, 1.54) is 0 Å². The smallest absolute Gasteiger partial charge is 0.313 e. The highest BCUT2D eigenvalue weighted by molar-refractivity contribution is 8.30. The Labute approximate surface area is 348 Å². The summed E-state index contributed by atoms with van der Waals surface area (Å²) < 4.78 is 7.38. The highest BCUT2D eigenvalue weighted by Crippen LogP contribution is 2.76. The molecule has 0 unspecified atom stereocenters. The summed E-state index contributed by atoms with van der Waals surface area (Å²) in [5.74, 6) is -0.362. The van der Waals surface area contributed by atoms with E-state index < -0.39 is 10.3 Å². The maximum Gasteiger partial charge on any atom is 0.313 e. The van der Waals surface area contributed by atoms with Crippen molar-refractivity contribution in [3.8, 4) is 66.8 Å². The van der Waals surface area contributed by atoms with Crippen molar-refractivity contribution in [3.05, 3.63) is 237 Å². The van der Waals surface area contributed by atoms with E-state index in [0.717, 1.165) is 81.4 Å². The first-order valence-corrected chi connectivity index (χ1v) is 21.4. The minimum atomic E-state index is -2.99. The van der Waals surface area contributed by atoms with Gasteiger partial charge in [-0.2, -0.15) is 0 Å². The van der Waals surface area contributed by atoms with E-state index in [1.807, 2.05) is 6.07 Å². The van der Waals surface area contributed by atoms with Crippen LogP contribution in [0, 0.1) is 0 Å². The van der Waals surface area contributed by atoms with Crippen LogP contribution in [0.15, 0.2) is 251 Å². The van der Waals surface area contributed by atoms with Gasteiger partial charge in [-0.3, -0.25) is 4.79 Å². The third kappa shape index (κ3) is 7.41. The Morgan fingerprint density at radius 1 is 0.322 bits per heavy atom. The summed E-state index contributed by atoms with van der Waals surface area (Å²) in [5, 5.41) is 0. The van der Waals surface area contributed by atoms with Gasteiger partial charge in [0.2, 0.25) is 0 Å². The highest BCUT2D eigenvalue weighted by Gasteiger charge is 2.43. The Balaban J connectivity index is 1.56. The summed E-state index contributed by atoms with van der Waals surface area (Å²) in [5.41, 5.74) is 12.4. The van der Waals surface area contributed by atoms with Gasteiger partial charge in [0.15, 0.2) is 0 Å². The van der Waals surface area contributed by atoms with E-state index in [-0.39, 0.29) is 5.97 Å². The van der Waals surface area contributed by atoms with Crippen LogP contribution in [-0.4, -0.2) is 5.97 Å². The van der Waals surface area contributed by atoms with Crippen LogP contribution >= 0.6 is 10.3 Å². The summed E-state index contributed by atoms with van der Waals surface area (Å²) in [6.07, 6.45) is 0. The molecule has 2 nitrogen and oxygen atoms in total. The molecule has 0 aliphatic carbocycles. The zero-order valence-electron chi connectivity index (χ0n) is 32.7. The molecule has 0 amide bonds. The molecule has 0 saturated carbocycles. The normalized spacial score (nSPS) is 11.5. The van der Waals surface area contributed by atoms with E-state index in [1.54, 1.807) is 6.92 Å². The van der Waals surface area contributed by atoms with Crippen LogP contribution in [-0.2, 0) is 8.98 Å². The SMILES string of the molecule is CC(=O)OS(c1ccccc1)(c1c(-c2ccccc2)cc(-c2ccccc2)cc1-c1ccccc1)c1c(-c2ccccc2)cc(-c2ccccc2)cc1-c1ccccc1. The van der Waals surface area contributed by atoms with E-state index in [4.69, 9.17) is 4.18 Å². The summed E-state index contributed by atoms with van der Waals surface area (Å²) in [6.45, 7) is 1.55. The first kappa shape index (κ1) is 37.4. The van der Waals surface area contributed by atoms with Crippen molar-refractivity contribution in [1.82, 2.24) is 0 Å². The zero-order valence-corrected chi connectivity index (χ0v) is 33.6. The van der Waals surface area contributed by atoms with Gasteiger partial charge in [0.1, 0.15) is 0 Å². The Morgan fingerprint density at radius 2 is 0.559 bits per heavy atom. The lowest BCUT2D eigenvalue weighted by Crippen LogP contribution is -2.16. The standard InChI is InChI=1S/C56H42O2S/c1-41(57)58-59(50-35-21-8-22-36-50,55-51(44-27-13-4-14-28-44)37-48(42-23-9-2-10-24-42)38-52(55)45-29-15-5-16-30-45)56-53(46-31-17-6-18-32-46)39-49(43-25-11-3-12-26-43)40-54(56)47-33-19-7-20-34-47/h2-40H,1H3. The zero-order chi connectivity index (χ0) is 40.0. The predicted molar refractivity (Wildman–Crippen MR) is 246 cm³/mol. The van der Waals surface area contributed by atoms with Crippen molar-refractivity contribution in [1.29, 1.82) is 0 Å². The van der Waals surface area contributed by atoms with Gasteiger partial charge in [-0.25, -0.2) is 0 Å². The number of hydrogen-bond acceptors (Lipinski definition) is 2. The molecule has 0 N–H and O–H groups in total. The molecule has 9 aromatic rings. The van der Waals surface area contributed by atoms with Crippen molar-refractivity contribution < 1.29 is 8.98 Å². The number of carbonyl (C=O) groups excluding carboxylic acids is 1. The monoisotopic (exact) mass is 778 g/mol. The Morgan fingerprint density at radius 3 is 0.814 bits per heavy atom. The highest BCUT2D eigenvalue weighted by atomic mass is 32.3. The summed E-state index contributed by atoms with van der Waals surface area (Å²) >= 11 is 0. The van der Waals surface area contributed by atoms with Gasteiger partial charge in [0, 0.05) is 21.6 Å². The molecule has 0 aliphatic rings. The molecule has 0 radical (unpaired) electrons. The van der Waals surface area contributed by atoms with Crippen LogP contribution in [0.25, 0.3) is 66.8 Å². The van der Waals surface area contributed by atoms with Crippen LogP contribution in [0.1, 0.15) is 6.92 Å². The lowest BCUT2D eigenvalue weighted by Gasteiger charge is -2.44. The van der Waals surface area contributed by atoms with Crippen LogP contribution in [0.3, 0.4) is 0 Å². The number of carbonyl (C=O) groups is 1. The molecule has 284 valence electrons. The molecule has 59 heavy (non-hydrogen) atoms. The first-order chi connectivity index (χ1) is 29.1. The second-order valence-corrected chi connectivity index (χ2v) is 17.0. The van der Waals surface area contributed by atoms with Crippen molar-refractivity contribution in [2.75, 3.05) is 0 Å². The molecular formula is C56H42O2S. The summed E-state index contributed by atoms with van der Waals surface area (Å²) in [7, 11) is -2.99. The molecule has 0 heterocycles.